The number of oxazole rings is 1. The highest BCUT2D eigenvalue weighted by Gasteiger charge is 2.13. The van der Waals surface area contributed by atoms with E-state index >= 15 is 0 Å². The van der Waals surface area contributed by atoms with Crippen molar-refractivity contribution in [2.45, 2.75) is 39.2 Å². The summed E-state index contributed by atoms with van der Waals surface area (Å²) in [5, 5.41) is 9.96. The van der Waals surface area contributed by atoms with E-state index in [0.29, 0.717) is 24.3 Å². The first-order valence-corrected chi connectivity index (χ1v) is 9.20. The van der Waals surface area contributed by atoms with Crippen LogP contribution in [0.5, 0.6) is 5.75 Å². The molecule has 1 unspecified atom stereocenters. The third-order valence-corrected chi connectivity index (χ3v) is 4.41. The minimum Gasteiger partial charge on any atom is -0.490 e. The van der Waals surface area contributed by atoms with Crippen molar-refractivity contribution < 1.29 is 18.7 Å². The first-order valence-electron chi connectivity index (χ1n) is 9.20. The van der Waals surface area contributed by atoms with E-state index in [1.54, 1.807) is 12.1 Å². The van der Waals surface area contributed by atoms with Crippen molar-refractivity contribution in [2.75, 3.05) is 6.61 Å². The monoisotopic (exact) mass is 369 g/mol. The summed E-state index contributed by atoms with van der Waals surface area (Å²) in [6, 6.07) is 14.3. The highest BCUT2D eigenvalue weighted by Crippen LogP contribution is 2.25. The van der Waals surface area contributed by atoms with Crippen LogP contribution in [0.3, 0.4) is 0 Å². The number of rotatable bonds is 8. The van der Waals surface area contributed by atoms with E-state index in [4.69, 9.17) is 9.15 Å². The molecular weight excluding hydrogens is 345 g/mol. The lowest BCUT2D eigenvalue weighted by atomic mass is 10.1. The highest BCUT2D eigenvalue weighted by atomic mass is 19.1. The van der Waals surface area contributed by atoms with Crippen molar-refractivity contribution in [1.29, 1.82) is 0 Å². The van der Waals surface area contributed by atoms with Crippen LogP contribution in [0.1, 0.15) is 42.9 Å². The van der Waals surface area contributed by atoms with Gasteiger partial charge in [-0.05, 0) is 43.2 Å². The predicted octanol–water partition coefficient (Wildman–Crippen LogP) is 5.24. The molecule has 0 saturated carbocycles. The Hall–Kier alpha value is -2.66. The Morgan fingerprint density at radius 1 is 1.19 bits per heavy atom. The van der Waals surface area contributed by atoms with Crippen molar-refractivity contribution in [1.82, 2.24) is 4.98 Å². The molecule has 0 saturated heterocycles. The molecule has 4 nitrogen and oxygen atoms in total. The molecule has 0 aliphatic carbocycles. The van der Waals surface area contributed by atoms with Crippen molar-refractivity contribution >= 4 is 0 Å². The highest BCUT2D eigenvalue weighted by molar-refractivity contribution is 5.53. The largest absolute Gasteiger partial charge is 0.490 e. The van der Waals surface area contributed by atoms with Gasteiger partial charge in [0, 0.05) is 12.0 Å². The normalized spacial score (nSPS) is 12.1. The number of nitrogens with zero attached hydrogens (tertiary/aromatic N) is 1. The Morgan fingerprint density at radius 2 is 1.96 bits per heavy atom. The Balaban J connectivity index is 1.61. The average molecular weight is 369 g/mol. The molecule has 0 radical (unpaired) electrons. The van der Waals surface area contributed by atoms with Crippen LogP contribution >= 0.6 is 0 Å². The molecule has 0 aliphatic rings. The second kappa shape index (κ2) is 8.82. The first-order chi connectivity index (χ1) is 13.1. The lowest BCUT2D eigenvalue weighted by Gasteiger charge is -2.12. The zero-order chi connectivity index (χ0) is 19.2. The van der Waals surface area contributed by atoms with Gasteiger partial charge in [-0.2, -0.15) is 0 Å². The molecule has 1 atom stereocenters. The van der Waals surface area contributed by atoms with Crippen LogP contribution in [0.25, 0.3) is 11.5 Å². The van der Waals surface area contributed by atoms with Crippen LogP contribution in [0.4, 0.5) is 4.39 Å². The van der Waals surface area contributed by atoms with Gasteiger partial charge in [-0.25, -0.2) is 9.37 Å². The van der Waals surface area contributed by atoms with Crippen LogP contribution in [0.2, 0.25) is 0 Å². The Morgan fingerprint density at radius 3 is 2.67 bits per heavy atom. The van der Waals surface area contributed by atoms with Crippen LogP contribution in [0.15, 0.2) is 52.9 Å². The number of aliphatic hydroxyl groups is 1. The summed E-state index contributed by atoms with van der Waals surface area (Å²) in [5.74, 6) is 1.01. The van der Waals surface area contributed by atoms with E-state index < -0.39 is 11.9 Å². The average Bonchev–Trinajstić information content (AvgIpc) is 3.05. The number of halogens is 1. The quantitative estimate of drug-likeness (QED) is 0.590. The molecule has 1 aromatic heterocycles. The lowest BCUT2D eigenvalue weighted by molar-refractivity contribution is 0.166. The Labute approximate surface area is 158 Å². The molecule has 1 N–H and O–H groups in total. The minimum atomic E-state index is -0.646. The summed E-state index contributed by atoms with van der Waals surface area (Å²) >= 11 is 0. The predicted molar refractivity (Wildman–Crippen MR) is 102 cm³/mol. The summed E-state index contributed by atoms with van der Waals surface area (Å²) in [7, 11) is 0. The van der Waals surface area contributed by atoms with Gasteiger partial charge in [-0.1, -0.05) is 37.6 Å². The summed E-state index contributed by atoms with van der Waals surface area (Å²) in [6.45, 7) is 4.13. The Kier molecular flexibility index (Phi) is 6.24. The van der Waals surface area contributed by atoms with Crippen LogP contribution in [-0.4, -0.2) is 16.7 Å². The number of aryl methyl sites for hydroxylation is 1. The number of aliphatic hydroxyl groups excluding tert-OH is 1. The van der Waals surface area contributed by atoms with Crippen molar-refractivity contribution in [3.05, 3.63) is 71.4 Å². The molecular formula is C22H24FNO3. The van der Waals surface area contributed by atoms with Gasteiger partial charge in [0.25, 0.3) is 0 Å². The molecule has 0 amide bonds. The fourth-order valence-corrected chi connectivity index (χ4v) is 2.90. The molecule has 142 valence electrons. The van der Waals surface area contributed by atoms with E-state index in [-0.39, 0.29) is 12.4 Å². The lowest BCUT2D eigenvalue weighted by Crippen LogP contribution is -2.05. The molecule has 0 fully saturated rings. The van der Waals surface area contributed by atoms with Gasteiger partial charge in [0.2, 0.25) is 5.89 Å². The maximum atomic E-state index is 14.2. The van der Waals surface area contributed by atoms with Gasteiger partial charge >= 0.3 is 0 Å². The van der Waals surface area contributed by atoms with Gasteiger partial charge in [0.05, 0.1) is 18.4 Å². The van der Waals surface area contributed by atoms with Gasteiger partial charge < -0.3 is 14.3 Å². The number of ether oxygens (including phenoxy) is 1. The van der Waals surface area contributed by atoms with Gasteiger partial charge in [0.15, 0.2) is 11.6 Å². The zero-order valence-corrected chi connectivity index (χ0v) is 15.6. The van der Waals surface area contributed by atoms with Gasteiger partial charge in [-0.15, -0.1) is 0 Å². The third kappa shape index (κ3) is 4.74. The number of aromatic nitrogens is 1. The minimum absolute atomic E-state index is 0.173. The van der Waals surface area contributed by atoms with E-state index in [9.17, 15) is 9.50 Å². The molecule has 0 aliphatic heterocycles. The molecule has 3 rings (SSSR count). The fraction of sp³-hybridized carbons (Fsp3) is 0.318. The number of hydrogen-bond donors (Lipinski definition) is 1. The number of hydrogen-bond acceptors (Lipinski definition) is 4. The second-order valence-corrected chi connectivity index (χ2v) is 6.48. The summed E-state index contributed by atoms with van der Waals surface area (Å²) in [6.07, 6.45) is 1.31. The van der Waals surface area contributed by atoms with E-state index in [2.05, 4.69) is 4.98 Å². The summed E-state index contributed by atoms with van der Waals surface area (Å²) in [4.78, 5) is 4.52. The van der Waals surface area contributed by atoms with Crippen molar-refractivity contribution in [3.63, 3.8) is 0 Å². The zero-order valence-electron chi connectivity index (χ0n) is 15.6. The molecule has 1 heterocycles. The fourth-order valence-electron chi connectivity index (χ4n) is 2.90. The maximum absolute atomic E-state index is 14.2. The van der Waals surface area contributed by atoms with Gasteiger partial charge in [0.1, 0.15) is 5.76 Å². The molecule has 0 bridgehead atoms. The van der Waals surface area contributed by atoms with E-state index in [0.717, 1.165) is 23.4 Å². The molecule has 3 aromatic rings. The van der Waals surface area contributed by atoms with Crippen LogP contribution < -0.4 is 4.74 Å². The number of benzene rings is 2. The first kappa shape index (κ1) is 19.1. The van der Waals surface area contributed by atoms with Gasteiger partial charge in [-0.3, -0.25) is 0 Å². The topological polar surface area (TPSA) is 55.5 Å². The third-order valence-electron chi connectivity index (χ3n) is 4.41. The standard InChI is InChI=1S/C22H24FNO3/c1-3-7-20(25)17-10-11-21(18(23)14-17)26-13-12-19-15(2)27-22(24-19)16-8-5-4-6-9-16/h4-6,8-11,14,20,25H,3,7,12-13H2,1-2H3. The smallest absolute Gasteiger partial charge is 0.226 e. The van der Waals surface area contributed by atoms with Crippen LogP contribution in [-0.2, 0) is 6.42 Å². The second-order valence-electron chi connectivity index (χ2n) is 6.48. The van der Waals surface area contributed by atoms with Crippen molar-refractivity contribution in [3.8, 4) is 17.2 Å². The maximum Gasteiger partial charge on any atom is 0.226 e. The SMILES string of the molecule is CCCC(O)c1ccc(OCCc2nc(-c3ccccc3)oc2C)c(F)c1. The van der Waals surface area contributed by atoms with E-state index in [1.807, 2.05) is 44.2 Å². The van der Waals surface area contributed by atoms with Crippen molar-refractivity contribution in [2.24, 2.45) is 0 Å². The molecule has 27 heavy (non-hydrogen) atoms. The van der Waals surface area contributed by atoms with Crippen LogP contribution in [0, 0.1) is 12.7 Å². The molecule has 2 aromatic carbocycles. The molecule has 5 heteroatoms. The Bertz CT molecular complexity index is 877. The molecule has 0 spiro atoms. The van der Waals surface area contributed by atoms with E-state index in [1.165, 1.54) is 6.07 Å². The summed E-state index contributed by atoms with van der Waals surface area (Å²) in [5.41, 5.74) is 2.28. The summed E-state index contributed by atoms with van der Waals surface area (Å²) < 4.78 is 25.5.